The number of anilines is 1. The first kappa shape index (κ1) is 17.2. The van der Waals surface area contributed by atoms with E-state index in [1.165, 1.54) is 20.9 Å². The van der Waals surface area contributed by atoms with Gasteiger partial charge in [0.2, 0.25) is 0 Å². The predicted molar refractivity (Wildman–Crippen MR) is 105 cm³/mol. The molecule has 0 aliphatic carbocycles. The number of hydrogen-bond acceptors (Lipinski definition) is 6. The lowest BCUT2D eigenvalue weighted by Gasteiger charge is -2.16. The topological polar surface area (TPSA) is 55.0 Å². The fraction of sp³-hybridized carbons (Fsp3) is 0.333. The summed E-state index contributed by atoms with van der Waals surface area (Å²) in [5.74, 6) is 1.37. The van der Waals surface area contributed by atoms with E-state index in [1.54, 1.807) is 23.1 Å². The molecule has 3 aromatic rings. The third-order valence-electron chi connectivity index (χ3n) is 4.13. The van der Waals surface area contributed by atoms with Crippen molar-refractivity contribution in [3.05, 3.63) is 46.1 Å². The molecule has 2 aromatic heterocycles. The summed E-state index contributed by atoms with van der Waals surface area (Å²) in [6.07, 6.45) is 2.09. The Morgan fingerprint density at radius 3 is 2.50 bits per heavy atom. The second-order valence-corrected chi connectivity index (χ2v) is 8.09. The van der Waals surface area contributed by atoms with Gasteiger partial charge in [-0.25, -0.2) is 9.97 Å². The van der Waals surface area contributed by atoms with E-state index >= 15 is 0 Å². The molecule has 0 saturated heterocycles. The van der Waals surface area contributed by atoms with Crippen LogP contribution in [-0.4, -0.2) is 28.2 Å². The predicted octanol–water partition coefficient (Wildman–Crippen LogP) is 4.24. The smallest absolute Gasteiger partial charge is 0.146 e. The molecule has 6 heteroatoms. The molecule has 0 fully saturated rings. The molecule has 0 aliphatic rings. The molecule has 0 amide bonds. The van der Waals surface area contributed by atoms with Crippen LogP contribution in [0.2, 0.25) is 0 Å². The van der Waals surface area contributed by atoms with Crippen molar-refractivity contribution in [1.29, 1.82) is 0 Å². The number of aromatic nitrogens is 2. The number of nitrogens with two attached hydrogens (primary N) is 1. The Kier molecular flexibility index (Phi) is 5.08. The Balaban J connectivity index is 1.76. The Labute approximate surface area is 151 Å². The molecule has 1 aromatic carbocycles. The summed E-state index contributed by atoms with van der Waals surface area (Å²) in [5.41, 5.74) is 8.65. The van der Waals surface area contributed by atoms with Gasteiger partial charge in [-0.2, -0.15) is 0 Å². The Bertz CT molecular complexity index is 856. The molecule has 0 spiro atoms. The van der Waals surface area contributed by atoms with Crippen molar-refractivity contribution < 1.29 is 0 Å². The van der Waals surface area contributed by atoms with E-state index in [1.807, 2.05) is 0 Å². The van der Waals surface area contributed by atoms with Gasteiger partial charge in [-0.05, 0) is 50.4 Å². The lowest BCUT2D eigenvalue weighted by molar-refractivity contribution is 0.311. The average Bonchev–Trinajstić information content (AvgIpc) is 2.82. The van der Waals surface area contributed by atoms with Crippen LogP contribution in [0, 0.1) is 13.8 Å². The molecule has 0 saturated carbocycles. The standard InChI is InChI=1S/C18H22N4S2/c1-11-12(2)24-18-16(11)17(19)20-15(21-18)10-22(3)9-13-5-7-14(23-4)8-6-13/h5-8H,9-10H2,1-4H3,(H2,19,20,21). The van der Waals surface area contributed by atoms with Crippen molar-refractivity contribution in [2.45, 2.75) is 31.8 Å². The van der Waals surface area contributed by atoms with E-state index in [4.69, 9.17) is 10.7 Å². The number of fused-ring (bicyclic) bond motifs is 1. The zero-order valence-corrected chi connectivity index (χ0v) is 16.1. The van der Waals surface area contributed by atoms with Crippen LogP contribution in [0.15, 0.2) is 29.2 Å². The van der Waals surface area contributed by atoms with Crippen LogP contribution in [0.5, 0.6) is 0 Å². The number of thiophene rings is 1. The molecular formula is C18H22N4S2. The summed E-state index contributed by atoms with van der Waals surface area (Å²) in [6, 6.07) is 8.66. The van der Waals surface area contributed by atoms with Gasteiger partial charge in [-0.3, -0.25) is 4.90 Å². The zero-order chi connectivity index (χ0) is 17.3. The van der Waals surface area contributed by atoms with Gasteiger partial charge in [-0.1, -0.05) is 12.1 Å². The van der Waals surface area contributed by atoms with Crippen molar-refractivity contribution in [3.8, 4) is 0 Å². The highest BCUT2D eigenvalue weighted by molar-refractivity contribution is 7.98. The molecule has 0 unspecified atom stereocenters. The number of thioether (sulfide) groups is 1. The lowest BCUT2D eigenvalue weighted by Crippen LogP contribution is -2.19. The van der Waals surface area contributed by atoms with Crippen LogP contribution in [0.3, 0.4) is 0 Å². The maximum Gasteiger partial charge on any atom is 0.146 e. The van der Waals surface area contributed by atoms with E-state index in [0.717, 1.165) is 22.6 Å². The monoisotopic (exact) mass is 358 g/mol. The number of aryl methyl sites for hydroxylation is 2. The normalized spacial score (nSPS) is 11.5. The first-order valence-corrected chi connectivity index (χ1v) is 9.85. The minimum Gasteiger partial charge on any atom is -0.383 e. The van der Waals surface area contributed by atoms with E-state index in [2.05, 4.69) is 61.3 Å². The van der Waals surface area contributed by atoms with Crippen molar-refractivity contribution in [2.24, 2.45) is 0 Å². The van der Waals surface area contributed by atoms with Gasteiger partial charge in [0.1, 0.15) is 16.5 Å². The van der Waals surface area contributed by atoms with Crippen LogP contribution in [0.4, 0.5) is 5.82 Å². The van der Waals surface area contributed by atoms with Gasteiger partial charge in [-0.15, -0.1) is 23.1 Å². The zero-order valence-electron chi connectivity index (χ0n) is 14.5. The van der Waals surface area contributed by atoms with Gasteiger partial charge >= 0.3 is 0 Å². The Morgan fingerprint density at radius 2 is 1.83 bits per heavy atom. The van der Waals surface area contributed by atoms with Crippen LogP contribution in [-0.2, 0) is 13.1 Å². The molecular weight excluding hydrogens is 336 g/mol. The maximum absolute atomic E-state index is 6.17. The Hall–Kier alpha value is -1.63. The number of rotatable bonds is 5. The fourth-order valence-corrected chi connectivity index (χ4v) is 4.20. The summed E-state index contributed by atoms with van der Waals surface area (Å²) in [5, 5.41) is 1.01. The summed E-state index contributed by atoms with van der Waals surface area (Å²) < 4.78 is 0. The summed E-state index contributed by atoms with van der Waals surface area (Å²) in [4.78, 5) is 15.0. The van der Waals surface area contributed by atoms with Crippen LogP contribution >= 0.6 is 23.1 Å². The molecule has 3 rings (SSSR count). The maximum atomic E-state index is 6.17. The second kappa shape index (κ2) is 7.09. The third kappa shape index (κ3) is 3.55. The molecule has 0 aliphatic heterocycles. The van der Waals surface area contributed by atoms with E-state index in [9.17, 15) is 0 Å². The van der Waals surface area contributed by atoms with Crippen molar-refractivity contribution in [1.82, 2.24) is 14.9 Å². The van der Waals surface area contributed by atoms with Gasteiger partial charge in [0.05, 0.1) is 11.9 Å². The summed E-state index contributed by atoms with van der Waals surface area (Å²) >= 11 is 3.45. The van der Waals surface area contributed by atoms with Gasteiger partial charge in [0, 0.05) is 16.3 Å². The minimum absolute atomic E-state index is 0.592. The van der Waals surface area contributed by atoms with Crippen LogP contribution < -0.4 is 5.73 Å². The van der Waals surface area contributed by atoms with E-state index in [0.29, 0.717) is 12.4 Å². The fourth-order valence-electron chi connectivity index (χ4n) is 2.74. The molecule has 126 valence electrons. The molecule has 4 nitrogen and oxygen atoms in total. The molecule has 2 heterocycles. The molecule has 0 radical (unpaired) electrons. The molecule has 0 bridgehead atoms. The number of benzene rings is 1. The van der Waals surface area contributed by atoms with Gasteiger partial charge in [0.25, 0.3) is 0 Å². The number of hydrogen-bond donors (Lipinski definition) is 1. The van der Waals surface area contributed by atoms with Gasteiger partial charge < -0.3 is 5.73 Å². The summed E-state index contributed by atoms with van der Waals surface area (Å²) in [6.45, 7) is 5.72. The highest BCUT2D eigenvalue weighted by atomic mass is 32.2. The van der Waals surface area contributed by atoms with Crippen LogP contribution in [0.1, 0.15) is 21.8 Å². The molecule has 2 N–H and O–H groups in total. The third-order valence-corrected chi connectivity index (χ3v) is 5.97. The molecule has 24 heavy (non-hydrogen) atoms. The first-order valence-electron chi connectivity index (χ1n) is 7.81. The highest BCUT2D eigenvalue weighted by Gasteiger charge is 2.13. The quantitative estimate of drug-likeness (QED) is 0.691. The average molecular weight is 359 g/mol. The van der Waals surface area contributed by atoms with Crippen LogP contribution in [0.25, 0.3) is 10.2 Å². The Morgan fingerprint density at radius 1 is 1.12 bits per heavy atom. The lowest BCUT2D eigenvalue weighted by atomic mass is 10.2. The van der Waals surface area contributed by atoms with E-state index < -0.39 is 0 Å². The molecule has 0 atom stereocenters. The van der Waals surface area contributed by atoms with Crippen molar-refractivity contribution in [2.75, 3.05) is 19.0 Å². The first-order chi connectivity index (χ1) is 11.5. The van der Waals surface area contributed by atoms with E-state index in [-0.39, 0.29) is 0 Å². The van der Waals surface area contributed by atoms with Crippen molar-refractivity contribution >= 4 is 39.1 Å². The highest BCUT2D eigenvalue weighted by Crippen LogP contribution is 2.32. The minimum atomic E-state index is 0.592. The number of nitrogens with zero attached hydrogens (tertiary/aromatic N) is 3. The SMILES string of the molecule is CSc1ccc(CN(C)Cc2nc(N)c3c(C)c(C)sc3n2)cc1. The largest absolute Gasteiger partial charge is 0.383 e. The second-order valence-electron chi connectivity index (χ2n) is 6.01. The van der Waals surface area contributed by atoms with Crippen molar-refractivity contribution in [3.63, 3.8) is 0 Å². The van der Waals surface area contributed by atoms with Gasteiger partial charge in [0.15, 0.2) is 0 Å². The summed E-state index contributed by atoms with van der Waals surface area (Å²) in [7, 11) is 2.08. The number of nitrogen functional groups attached to an aromatic ring is 1.